The third-order valence-electron chi connectivity index (χ3n) is 2.52. The van der Waals surface area contributed by atoms with E-state index in [0.29, 0.717) is 13.2 Å². The van der Waals surface area contributed by atoms with Gasteiger partial charge < -0.3 is 14.4 Å². The maximum atomic E-state index is 12.9. The average molecular weight is 287 g/mol. The molecule has 0 unspecified atom stereocenters. The van der Waals surface area contributed by atoms with Crippen LogP contribution in [0.1, 0.15) is 39.2 Å². The molecule has 0 amide bonds. The van der Waals surface area contributed by atoms with Crippen molar-refractivity contribution < 1.29 is 18.9 Å². The van der Waals surface area contributed by atoms with Gasteiger partial charge in [-0.15, -0.1) is 0 Å². The van der Waals surface area contributed by atoms with Gasteiger partial charge in [-0.1, -0.05) is 6.07 Å². The molecule has 0 aliphatic heterocycles. The van der Waals surface area contributed by atoms with Crippen LogP contribution in [0.15, 0.2) is 24.4 Å². The van der Waals surface area contributed by atoms with Crippen molar-refractivity contribution in [1.29, 1.82) is 0 Å². The highest BCUT2D eigenvalue weighted by Crippen LogP contribution is 2.57. The zero-order chi connectivity index (χ0) is 14.3. The molecule has 0 fully saturated rings. The predicted molar refractivity (Wildman–Crippen MR) is 74.9 cm³/mol. The van der Waals surface area contributed by atoms with Crippen molar-refractivity contribution in [3.63, 3.8) is 0 Å². The summed E-state index contributed by atoms with van der Waals surface area (Å²) in [4.78, 5) is 4.30. The van der Waals surface area contributed by atoms with Crippen LogP contribution in [0.2, 0.25) is 0 Å². The third kappa shape index (κ3) is 4.69. The molecule has 2 N–H and O–H groups in total. The Bertz CT molecular complexity index is 402. The van der Waals surface area contributed by atoms with E-state index in [2.05, 4.69) is 4.98 Å². The molecule has 1 rings (SSSR count). The molecule has 5 nitrogen and oxygen atoms in total. The van der Waals surface area contributed by atoms with Crippen LogP contribution >= 0.6 is 7.60 Å². The minimum atomic E-state index is -3.22. The predicted octanol–water partition coefficient (Wildman–Crippen LogP) is 2.32. The van der Waals surface area contributed by atoms with E-state index in [-0.39, 0.29) is 6.04 Å². The fourth-order valence-electron chi connectivity index (χ4n) is 1.84. The van der Waals surface area contributed by atoms with Crippen molar-refractivity contribution in [2.45, 2.75) is 39.5 Å². The van der Waals surface area contributed by atoms with E-state index in [1.165, 1.54) is 0 Å². The molecule has 1 aromatic rings. The third-order valence-corrected chi connectivity index (χ3v) is 4.87. The number of pyridine rings is 1. The van der Waals surface area contributed by atoms with Gasteiger partial charge >= 0.3 is 7.60 Å². The van der Waals surface area contributed by atoms with Crippen LogP contribution < -0.4 is 5.32 Å². The molecule has 108 valence electrons. The van der Waals surface area contributed by atoms with Gasteiger partial charge in [0.2, 0.25) is 5.78 Å². The SMILES string of the molecule is CCOP(=O)(OCC)[C@@H]([NH2+]C(C)C)c1ccccn1. The number of nitrogens with two attached hydrogens (primary N) is 1. The van der Waals surface area contributed by atoms with Gasteiger partial charge in [-0.3, -0.25) is 9.55 Å². The fraction of sp³-hybridized carbons (Fsp3) is 0.615. The molecule has 0 saturated carbocycles. The quantitative estimate of drug-likeness (QED) is 0.745. The molecule has 0 spiro atoms. The molecule has 0 bridgehead atoms. The summed E-state index contributed by atoms with van der Waals surface area (Å²) in [5.41, 5.74) is 0.724. The number of hydrogen-bond acceptors (Lipinski definition) is 4. The smallest absolute Gasteiger partial charge is 0.327 e. The molecule has 19 heavy (non-hydrogen) atoms. The number of hydrogen-bond donors (Lipinski definition) is 1. The van der Waals surface area contributed by atoms with Gasteiger partial charge in [0.1, 0.15) is 5.69 Å². The van der Waals surface area contributed by atoms with Gasteiger partial charge in [-0.25, -0.2) is 0 Å². The first kappa shape index (κ1) is 16.3. The van der Waals surface area contributed by atoms with Gasteiger partial charge in [-0.05, 0) is 39.8 Å². The lowest BCUT2D eigenvalue weighted by Gasteiger charge is -2.25. The highest BCUT2D eigenvalue weighted by atomic mass is 31.2. The Labute approximate surface area is 115 Å². The number of quaternary nitrogens is 1. The first-order chi connectivity index (χ1) is 9.03. The minimum Gasteiger partial charge on any atom is -0.327 e. The molecule has 0 aromatic carbocycles. The van der Waals surface area contributed by atoms with E-state index in [1.54, 1.807) is 6.20 Å². The Balaban J connectivity index is 3.10. The van der Waals surface area contributed by atoms with Gasteiger partial charge in [0.15, 0.2) is 0 Å². The van der Waals surface area contributed by atoms with Crippen LogP contribution in [-0.4, -0.2) is 24.2 Å². The van der Waals surface area contributed by atoms with Crippen LogP contribution in [0.25, 0.3) is 0 Å². The summed E-state index contributed by atoms with van der Waals surface area (Å²) in [6.07, 6.45) is 1.69. The summed E-state index contributed by atoms with van der Waals surface area (Å²) in [7, 11) is -3.22. The molecule has 0 aliphatic rings. The lowest BCUT2D eigenvalue weighted by Crippen LogP contribution is -2.89. The Morgan fingerprint density at radius 1 is 1.26 bits per heavy atom. The van der Waals surface area contributed by atoms with Crippen molar-refractivity contribution in [1.82, 2.24) is 4.98 Å². The molecule has 1 atom stereocenters. The van der Waals surface area contributed by atoms with Crippen LogP contribution in [0.3, 0.4) is 0 Å². The van der Waals surface area contributed by atoms with E-state index >= 15 is 0 Å². The molecule has 0 saturated heterocycles. The van der Waals surface area contributed by atoms with Gasteiger partial charge in [0, 0.05) is 6.20 Å². The summed E-state index contributed by atoms with van der Waals surface area (Å²) in [5.74, 6) is -0.423. The van der Waals surface area contributed by atoms with E-state index in [1.807, 2.05) is 51.2 Å². The molecular weight excluding hydrogens is 263 g/mol. The van der Waals surface area contributed by atoms with E-state index in [0.717, 1.165) is 5.69 Å². The normalized spacial score (nSPS) is 13.7. The second-order valence-corrected chi connectivity index (χ2v) is 6.66. The summed E-state index contributed by atoms with van der Waals surface area (Å²) in [6.45, 7) is 8.42. The topological polar surface area (TPSA) is 65.0 Å². The van der Waals surface area contributed by atoms with Crippen LogP contribution in [0.5, 0.6) is 0 Å². The zero-order valence-corrected chi connectivity index (χ0v) is 13.0. The van der Waals surface area contributed by atoms with Crippen molar-refractivity contribution in [3.05, 3.63) is 30.1 Å². The van der Waals surface area contributed by atoms with Crippen LogP contribution in [-0.2, 0) is 13.6 Å². The highest BCUT2D eigenvalue weighted by molar-refractivity contribution is 7.53. The van der Waals surface area contributed by atoms with Crippen LogP contribution in [0.4, 0.5) is 0 Å². The largest absolute Gasteiger partial charge is 0.393 e. The standard InChI is InChI=1S/C13H23N2O3P/c1-5-17-19(16,18-6-2)13(15-11(3)4)12-9-7-8-10-14-12/h7-11,13,15H,5-6H2,1-4H3/p+1/t13-/m1/s1. The Hall–Kier alpha value is -0.740. The van der Waals surface area contributed by atoms with Crippen LogP contribution in [0, 0.1) is 0 Å². The van der Waals surface area contributed by atoms with Crippen molar-refractivity contribution in [3.8, 4) is 0 Å². The summed E-state index contributed by atoms with van der Waals surface area (Å²) in [5, 5.41) is 1.98. The molecule has 1 heterocycles. The lowest BCUT2D eigenvalue weighted by molar-refractivity contribution is -0.705. The first-order valence-electron chi connectivity index (χ1n) is 6.68. The Morgan fingerprint density at radius 3 is 2.32 bits per heavy atom. The first-order valence-corrected chi connectivity index (χ1v) is 8.29. The van der Waals surface area contributed by atoms with Gasteiger partial charge in [0.25, 0.3) is 0 Å². The summed E-state index contributed by atoms with van der Waals surface area (Å²) >= 11 is 0. The van der Waals surface area contributed by atoms with Gasteiger partial charge in [0.05, 0.1) is 19.3 Å². The van der Waals surface area contributed by atoms with E-state index in [9.17, 15) is 4.57 Å². The average Bonchev–Trinajstić information content (AvgIpc) is 2.37. The van der Waals surface area contributed by atoms with Gasteiger partial charge in [-0.2, -0.15) is 0 Å². The number of aromatic nitrogens is 1. The Kier molecular flexibility index (Phi) is 6.66. The minimum absolute atomic E-state index is 0.265. The summed E-state index contributed by atoms with van der Waals surface area (Å²) < 4.78 is 23.8. The lowest BCUT2D eigenvalue weighted by atomic mass is 10.3. The maximum absolute atomic E-state index is 12.9. The molecule has 0 aliphatic carbocycles. The molecular formula is C13H24N2O3P+. The molecule has 1 aromatic heterocycles. The zero-order valence-electron chi connectivity index (χ0n) is 12.1. The molecule has 0 radical (unpaired) electrons. The highest BCUT2D eigenvalue weighted by Gasteiger charge is 2.41. The number of nitrogens with zero attached hydrogens (tertiary/aromatic N) is 1. The van der Waals surface area contributed by atoms with Crippen molar-refractivity contribution >= 4 is 7.60 Å². The monoisotopic (exact) mass is 287 g/mol. The second kappa shape index (κ2) is 7.75. The maximum Gasteiger partial charge on any atom is 0.393 e. The number of rotatable bonds is 8. The summed E-state index contributed by atoms with van der Waals surface area (Å²) in [6, 6.07) is 5.84. The second-order valence-electron chi connectivity index (χ2n) is 4.51. The van der Waals surface area contributed by atoms with E-state index < -0.39 is 13.4 Å². The molecule has 6 heteroatoms. The fourth-order valence-corrected chi connectivity index (χ4v) is 3.99. The van der Waals surface area contributed by atoms with Crippen molar-refractivity contribution in [2.24, 2.45) is 0 Å². The Morgan fingerprint density at radius 2 is 1.89 bits per heavy atom. The van der Waals surface area contributed by atoms with Crippen molar-refractivity contribution in [2.75, 3.05) is 13.2 Å². The van der Waals surface area contributed by atoms with E-state index in [4.69, 9.17) is 9.05 Å².